The van der Waals surface area contributed by atoms with Gasteiger partial charge in [0.15, 0.2) is 0 Å². The molecule has 0 N–H and O–H groups in total. The molecule has 0 saturated heterocycles. The van der Waals surface area contributed by atoms with Crippen LogP contribution < -0.4 is 0 Å². The monoisotopic (exact) mass is 326 g/mol. The van der Waals surface area contributed by atoms with Crippen LogP contribution in [0.2, 0.25) is 0 Å². The van der Waals surface area contributed by atoms with Crippen LogP contribution in [-0.2, 0) is 61.5 Å². The summed E-state index contributed by atoms with van der Waals surface area (Å²) < 4.78 is 45.0. The smallest absolute Gasteiger partial charge is 0 e. The summed E-state index contributed by atoms with van der Waals surface area (Å²) in [5.41, 5.74) is 0. The van der Waals surface area contributed by atoms with E-state index in [-0.39, 0.29) is 33.6 Å². The second-order valence-corrected chi connectivity index (χ2v) is 0.289. The van der Waals surface area contributed by atoms with Crippen LogP contribution in [-0.4, -0.2) is 0 Å². The summed E-state index contributed by atoms with van der Waals surface area (Å²) in [6, 6.07) is 0. The molecule has 0 aromatic heterocycles. The van der Waals surface area contributed by atoms with Crippen molar-refractivity contribution in [2.24, 2.45) is 0 Å². The molecule has 6 nitrogen and oxygen atoms in total. The van der Waals surface area contributed by atoms with Crippen molar-refractivity contribution in [1.29, 1.82) is 0 Å². The average Bonchev–Trinajstić information content (AvgIpc) is 2.44. The predicted octanol–water partition coefficient (Wildman–Crippen LogP) is 0.409. The maximum absolute atomic E-state index is 7.50. The molecule has 0 spiro atoms. The van der Waals surface area contributed by atoms with E-state index in [1.54, 1.807) is 6.92 Å². The Morgan fingerprint density at radius 3 is 0.588 bits per heavy atom. The standard InChI is InChI=1S/C3H4.6CO.2Co/c1-3-2;6*1-2;;/h1H,2H3;;;;;;;;. The predicted molar refractivity (Wildman–Crippen MR) is 38.1 cm³/mol. The third-order valence-corrected chi connectivity index (χ3v) is 0. The molecule has 8 heteroatoms. The Bertz CT molecular complexity index is 159. The SMILES string of the molecule is C#CC.[C-]#[O+].[C-]#[O+].[C-]#[O+].[C-]#[O+].[C-]#[O+].[C-]#[O+].[Co].[Co]. The van der Waals surface area contributed by atoms with E-state index in [0.29, 0.717) is 0 Å². The average molecular weight is 326 g/mol. The van der Waals surface area contributed by atoms with Crippen LogP contribution in [0.4, 0.5) is 0 Å². The molecule has 0 aromatic rings. The summed E-state index contributed by atoms with van der Waals surface area (Å²) in [7, 11) is 0. The third-order valence-electron chi connectivity index (χ3n) is 0. The van der Waals surface area contributed by atoms with Crippen molar-refractivity contribution in [3.8, 4) is 12.3 Å². The Balaban J connectivity index is -0.00000000620. The molecule has 94 valence electrons. The quantitative estimate of drug-likeness (QED) is 0.348. The van der Waals surface area contributed by atoms with E-state index < -0.39 is 0 Å². The van der Waals surface area contributed by atoms with Gasteiger partial charge >= 0.3 is 67.8 Å². The molecule has 0 aliphatic rings. The number of rotatable bonds is 0. The first-order valence-electron chi connectivity index (χ1n) is 2.01. The normalized spacial score (nSPS) is 1.18. The van der Waals surface area contributed by atoms with Gasteiger partial charge in [-0.05, 0) is 6.92 Å². The molecule has 0 saturated carbocycles. The molecule has 0 unspecified atom stereocenters. The van der Waals surface area contributed by atoms with Crippen molar-refractivity contribution in [1.82, 2.24) is 0 Å². The first-order valence-corrected chi connectivity index (χ1v) is 2.01. The molecular formula is C9H4Co2O6. The van der Waals surface area contributed by atoms with Gasteiger partial charge in [-0.15, -0.1) is 12.3 Å². The second-order valence-electron chi connectivity index (χ2n) is 0.289. The molecule has 17 heavy (non-hydrogen) atoms. The summed E-state index contributed by atoms with van der Waals surface area (Å²) in [4.78, 5) is 0. The third kappa shape index (κ3) is 2610. The van der Waals surface area contributed by atoms with Gasteiger partial charge in [-0.25, -0.2) is 0 Å². The molecule has 0 aliphatic heterocycles. The molecule has 2 radical (unpaired) electrons. The Labute approximate surface area is 121 Å². The van der Waals surface area contributed by atoms with Gasteiger partial charge in [0.2, 0.25) is 0 Å². The minimum Gasteiger partial charge on any atom is 0 e. The topological polar surface area (TPSA) is 119 Å². The van der Waals surface area contributed by atoms with E-state index in [1.807, 2.05) is 0 Å². The van der Waals surface area contributed by atoms with Gasteiger partial charge in [-0.1, -0.05) is 0 Å². The Morgan fingerprint density at radius 2 is 0.588 bits per heavy atom. The van der Waals surface area contributed by atoms with Crippen molar-refractivity contribution >= 4 is 0 Å². The van der Waals surface area contributed by atoms with Crippen LogP contribution in [0.5, 0.6) is 0 Å². The number of hydrogen-bond acceptors (Lipinski definition) is 0. The zero-order valence-electron chi connectivity index (χ0n) is 8.19. The van der Waals surface area contributed by atoms with Crippen molar-refractivity contribution < 1.29 is 61.5 Å². The molecule has 0 heterocycles. The zero-order chi connectivity index (χ0) is 14.7. The van der Waals surface area contributed by atoms with E-state index in [2.05, 4.69) is 52.2 Å². The van der Waals surface area contributed by atoms with Crippen LogP contribution in [0.3, 0.4) is 0 Å². The van der Waals surface area contributed by atoms with Crippen LogP contribution in [0.15, 0.2) is 0 Å². The van der Waals surface area contributed by atoms with Crippen LogP contribution in [0.1, 0.15) is 6.92 Å². The molecule has 0 rings (SSSR count). The first kappa shape index (κ1) is 73.4. The van der Waals surface area contributed by atoms with Gasteiger partial charge in [0.25, 0.3) is 0 Å². The van der Waals surface area contributed by atoms with E-state index in [0.717, 1.165) is 0 Å². The molecule has 0 amide bonds. The van der Waals surface area contributed by atoms with E-state index >= 15 is 0 Å². The molecule has 0 fully saturated rings. The Morgan fingerprint density at radius 1 is 0.588 bits per heavy atom. The molecular weight excluding hydrogens is 322 g/mol. The molecule has 0 aliphatic carbocycles. The summed E-state index contributed by atoms with van der Waals surface area (Å²) in [6.07, 6.45) is 4.60. The molecule has 0 bridgehead atoms. The van der Waals surface area contributed by atoms with E-state index in [1.165, 1.54) is 0 Å². The zero-order valence-corrected chi connectivity index (χ0v) is 10.3. The number of terminal acetylenes is 1. The van der Waals surface area contributed by atoms with Crippen LogP contribution in [0.25, 0.3) is 0 Å². The van der Waals surface area contributed by atoms with Gasteiger partial charge in [-0.3, -0.25) is 0 Å². The second kappa shape index (κ2) is 17500000. The maximum Gasteiger partial charge on any atom is 0 e. The van der Waals surface area contributed by atoms with Gasteiger partial charge < -0.3 is 0 Å². The van der Waals surface area contributed by atoms with Crippen LogP contribution in [0, 0.1) is 52.2 Å². The van der Waals surface area contributed by atoms with E-state index in [4.69, 9.17) is 27.9 Å². The van der Waals surface area contributed by atoms with Gasteiger partial charge in [0.05, 0.1) is 0 Å². The van der Waals surface area contributed by atoms with Crippen molar-refractivity contribution in [3.05, 3.63) is 39.9 Å². The summed E-state index contributed by atoms with van der Waals surface area (Å²) >= 11 is 0. The van der Waals surface area contributed by atoms with E-state index in [9.17, 15) is 0 Å². The fourth-order valence-electron chi connectivity index (χ4n) is 0. The fraction of sp³-hybridized carbons (Fsp3) is 0.111. The summed E-state index contributed by atoms with van der Waals surface area (Å²) in [5.74, 6) is 2.25. The largest absolute Gasteiger partial charge is 0 e. The minimum absolute atomic E-state index is 0. The van der Waals surface area contributed by atoms with Crippen LogP contribution >= 0.6 is 0 Å². The van der Waals surface area contributed by atoms with Gasteiger partial charge in [0.1, 0.15) is 0 Å². The van der Waals surface area contributed by atoms with Gasteiger partial charge in [0, 0.05) is 33.6 Å². The minimum atomic E-state index is 0. The summed E-state index contributed by atoms with van der Waals surface area (Å²) in [5, 5.41) is 0. The van der Waals surface area contributed by atoms with Crippen molar-refractivity contribution in [3.63, 3.8) is 0 Å². The van der Waals surface area contributed by atoms with Crippen molar-refractivity contribution in [2.45, 2.75) is 6.92 Å². The Hall–Kier alpha value is -0.987. The van der Waals surface area contributed by atoms with Crippen molar-refractivity contribution in [2.75, 3.05) is 0 Å². The summed E-state index contributed by atoms with van der Waals surface area (Å²) in [6.45, 7) is 28.7. The number of hydrogen-bond donors (Lipinski definition) is 0. The Kier molecular flexibility index (Phi) is 75500000. The molecule has 0 aromatic carbocycles. The first-order chi connectivity index (χ1) is 7.41. The molecule has 0 atom stereocenters. The van der Waals surface area contributed by atoms with Gasteiger partial charge in [-0.2, -0.15) is 0 Å². The fourth-order valence-corrected chi connectivity index (χ4v) is 0. The maximum atomic E-state index is 7.50.